The van der Waals surface area contributed by atoms with Crippen LogP contribution in [0.25, 0.3) is 10.8 Å². The van der Waals surface area contributed by atoms with Gasteiger partial charge < -0.3 is 4.90 Å². The number of benzene rings is 3. The van der Waals surface area contributed by atoms with E-state index in [4.69, 9.17) is 0 Å². The summed E-state index contributed by atoms with van der Waals surface area (Å²) in [4.78, 5) is 5.13. The second-order valence-electron chi connectivity index (χ2n) is 9.39. The van der Waals surface area contributed by atoms with Crippen molar-refractivity contribution in [2.75, 3.05) is 32.7 Å². The van der Waals surface area contributed by atoms with E-state index in [1.54, 1.807) is 12.1 Å². The van der Waals surface area contributed by atoms with Crippen LogP contribution in [0.4, 0.5) is 0 Å². The van der Waals surface area contributed by atoms with Gasteiger partial charge in [-0.15, -0.1) is 5.10 Å². The van der Waals surface area contributed by atoms with E-state index >= 15 is 0 Å². The molecule has 0 amide bonds. The minimum atomic E-state index is -3.82. The molecule has 1 fully saturated rings. The van der Waals surface area contributed by atoms with Crippen molar-refractivity contribution in [2.24, 2.45) is 10.2 Å². The lowest BCUT2D eigenvalue weighted by Gasteiger charge is -2.37. The summed E-state index contributed by atoms with van der Waals surface area (Å²) in [5.41, 5.74) is 3.78. The van der Waals surface area contributed by atoms with Crippen molar-refractivity contribution in [2.45, 2.75) is 17.7 Å². The SMILES string of the molecule is O=S(=O)(C1=NN=C2CC=C(N3CCN(CCc4ccccc4)CC3)C=C21)c1cccc2ccccc12. The molecule has 6 nitrogen and oxygen atoms in total. The van der Waals surface area contributed by atoms with Gasteiger partial charge in [-0.25, -0.2) is 8.42 Å². The lowest BCUT2D eigenvalue weighted by atomic mass is 10.0. The van der Waals surface area contributed by atoms with E-state index in [0.29, 0.717) is 17.4 Å². The Bertz CT molecular complexity index is 1520. The molecule has 7 heteroatoms. The predicted molar refractivity (Wildman–Crippen MR) is 145 cm³/mol. The zero-order valence-corrected chi connectivity index (χ0v) is 20.9. The molecular weight excluding hydrogens is 468 g/mol. The summed E-state index contributed by atoms with van der Waals surface area (Å²) in [6.45, 7) is 4.86. The number of allylic oxidation sites excluding steroid dienone is 2. The summed E-state index contributed by atoms with van der Waals surface area (Å²) >= 11 is 0. The van der Waals surface area contributed by atoms with Gasteiger partial charge in [0.2, 0.25) is 9.84 Å². The minimum Gasteiger partial charge on any atom is -0.369 e. The second-order valence-corrected chi connectivity index (χ2v) is 11.2. The van der Waals surface area contributed by atoms with Gasteiger partial charge in [0.15, 0.2) is 5.04 Å². The van der Waals surface area contributed by atoms with E-state index in [1.807, 2.05) is 36.4 Å². The average Bonchev–Trinajstić information content (AvgIpc) is 3.37. The van der Waals surface area contributed by atoms with E-state index in [2.05, 4.69) is 56.4 Å². The lowest BCUT2D eigenvalue weighted by molar-refractivity contribution is 0.163. The molecule has 0 radical (unpaired) electrons. The highest BCUT2D eigenvalue weighted by atomic mass is 32.2. The zero-order chi connectivity index (χ0) is 24.5. The topological polar surface area (TPSA) is 65.3 Å². The highest BCUT2D eigenvalue weighted by molar-refractivity contribution is 8.07. The highest BCUT2D eigenvalue weighted by Gasteiger charge is 2.35. The van der Waals surface area contributed by atoms with E-state index in [9.17, 15) is 8.42 Å². The number of hydrogen-bond acceptors (Lipinski definition) is 6. The van der Waals surface area contributed by atoms with E-state index < -0.39 is 9.84 Å². The van der Waals surface area contributed by atoms with Crippen molar-refractivity contribution in [3.63, 3.8) is 0 Å². The van der Waals surface area contributed by atoms with Crippen LogP contribution in [-0.4, -0.2) is 61.7 Å². The third-order valence-corrected chi connectivity index (χ3v) is 8.94. The second kappa shape index (κ2) is 9.48. The van der Waals surface area contributed by atoms with Crippen molar-refractivity contribution < 1.29 is 8.42 Å². The number of rotatable bonds is 5. The van der Waals surface area contributed by atoms with Gasteiger partial charge in [-0.1, -0.05) is 72.8 Å². The molecule has 1 aliphatic carbocycles. The Balaban J connectivity index is 1.18. The maximum absolute atomic E-state index is 13.7. The molecule has 2 heterocycles. The molecule has 0 unspecified atom stereocenters. The lowest BCUT2D eigenvalue weighted by Crippen LogP contribution is -2.46. The van der Waals surface area contributed by atoms with E-state index in [0.717, 1.165) is 55.9 Å². The first kappa shape index (κ1) is 22.9. The van der Waals surface area contributed by atoms with Crippen LogP contribution in [0.3, 0.4) is 0 Å². The Morgan fingerprint density at radius 3 is 2.39 bits per heavy atom. The molecule has 0 saturated carbocycles. The molecular formula is C29H28N4O2S. The molecule has 0 spiro atoms. The van der Waals surface area contributed by atoms with Crippen molar-refractivity contribution in [1.82, 2.24) is 9.80 Å². The fourth-order valence-corrected chi connectivity index (χ4v) is 6.71. The van der Waals surface area contributed by atoms with Crippen LogP contribution in [-0.2, 0) is 16.3 Å². The fraction of sp³-hybridized carbons (Fsp3) is 0.241. The maximum Gasteiger partial charge on any atom is 0.226 e. The van der Waals surface area contributed by atoms with Gasteiger partial charge in [0, 0.05) is 55.8 Å². The van der Waals surface area contributed by atoms with Crippen molar-refractivity contribution in [1.29, 1.82) is 0 Å². The normalized spacial score (nSPS) is 18.4. The van der Waals surface area contributed by atoms with Crippen LogP contribution < -0.4 is 0 Å². The molecule has 182 valence electrons. The van der Waals surface area contributed by atoms with E-state index in [-0.39, 0.29) is 9.94 Å². The first-order valence-electron chi connectivity index (χ1n) is 12.4. The maximum atomic E-state index is 13.7. The summed E-state index contributed by atoms with van der Waals surface area (Å²) in [6.07, 6.45) is 5.76. The molecule has 1 saturated heterocycles. The van der Waals surface area contributed by atoms with Crippen molar-refractivity contribution in [3.8, 4) is 0 Å². The molecule has 0 aromatic heterocycles. The molecule has 36 heavy (non-hydrogen) atoms. The molecule has 0 atom stereocenters. The summed E-state index contributed by atoms with van der Waals surface area (Å²) < 4.78 is 27.5. The smallest absolute Gasteiger partial charge is 0.226 e. The van der Waals surface area contributed by atoms with Crippen molar-refractivity contribution >= 4 is 31.4 Å². The molecule has 3 aliphatic rings. The monoisotopic (exact) mass is 496 g/mol. The standard InChI is InChI=1S/C29H28N4O2S/c34-36(35,28-12-6-10-23-9-4-5-11-25(23)28)29-26-21-24(13-14-27(26)30-31-29)33-19-17-32(18-20-33)16-15-22-7-2-1-3-8-22/h1-13,21H,14-20H2. The largest absolute Gasteiger partial charge is 0.369 e. The van der Waals surface area contributed by atoms with E-state index in [1.165, 1.54) is 5.56 Å². The molecule has 2 aliphatic heterocycles. The van der Waals surface area contributed by atoms with Gasteiger partial charge >= 0.3 is 0 Å². The predicted octanol–water partition coefficient (Wildman–Crippen LogP) is 4.46. The van der Waals surface area contributed by atoms with Crippen LogP contribution in [0.5, 0.6) is 0 Å². The first-order valence-corrected chi connectivity index (χ1v) is 13.9. The number of fused-ring (bicyclic) bond motifs is 2. The van der Waals surface area contributed by atoms with Crippen LogP contribution in [0.15, 0.2) is 111 Å². The van der Waals surface area contributed by atoms with Crippen LogP contribution in [0.2, 0.25) is 0 Å². The van der Waals surface area contributed by atoms with Crippen molar-refractivity contribution in [3.05, 3.63) is 102 Å². The summed E-state index contributed by atoms with van der Waals surface area (Å²) in [6, 6.07) is 23.5. The minimum absolute atomic E-state index is 0.0564. The zero-order valence-electron chi connectivity index (χ0n) is 20.0. The number of sulfone groups is 1. The summed E-state index contributed by atoms with van der Waals surface area (Å²) in [7, 11) is -3.82. The molecule has 0 bridgehead atoms. The molecule has 3 aromatic rings. The Morgan fingerprint density at radius 1 is 0.806 bits per heavy atom. The Kier molecular flexibility index (Phi) is 6.03. The third-order valence-electron chi connectivity index (χ3n) is 7.19. The Labute approximate surface area is 211 Å². The number of piperazine rings is 1. The van der Waals surface area contributed by atoms with Crippen LogP contribution in [0, 0.1) is 0 Å². The van der Waals surface area contributed by atoms with Gasteiger partial charge in [-0.3, -0.25) is 4.90 Å². The van der Waals surface area contributed by atoms with Crippen LogP contribution in [0.1, 0.15) is 12.0 Å². The Hall–Kier alpha value is -3.55. The third kappa shape index (κ3) is 4.29. The average molecular weight is 497 g/mol. The molecule has 6 rings (SSSR count). The van der Waals surface area contributed by atoms with Gasteiger partial charge in [0.05, 0.1) is 10.6 Å². The quantitative estimate of drug-likeness (QED) is 0.523. The fourth-order valence-electron chi connectivity index (χ4n) is 5.16. The van der Waals surface area contributed by atoms with Gasteiger partial charge in [0.1, 0.15) is 0 Å². The van der Waals surface area contributed by atoms with Crippen LogP contribution >= 0.6 is 0 Å². The van der Waals surface area contributed by atoms with Gasteiger partial charge in [-0.05, 0) is 29.5 Å². The molecule has 3 aromatic carbocycles. The molecule has 0 N–H and O–H groups in total. The Morgan fingerprint density at radius 2 is 1.56 bits per heavy atom. The number of hydrogen-bond donors (Lipinski definition) is 0. The first-order chi connectivity index (χ1) is 17.6. The highest BCUT2D eigenvalue weighted by Crippen LogP contribution is 2.31. The van der Waals surface area contributed by atoms with Gasteiger partial charge in [0.25, 0.3) is 0 Å². The summed E-state index contributed by atoms with van der Waals surface area (Å²) in [5.74, 6) is 0. The van der Waals surface area contributed by atoms with Gasteiger partial charge in [-0.2, -0.15) is 5.10 Å². The summed E-state index contributed by atoms with van der Waals surface area (Å²) in [5, 5.41) is 10.1. The number of nitrogens with zero attached hydrogens (tertiary/aromatic N) is 4.